The fraction of sp³-hybridized carbons (Fsp3) is 0.438. The molecular weight excluding hydrogens is 334 g/mol. The third-order valence-corrected chi connectivity index (χ3v) is 7.06. The Hall–Kier alpha value is -1.37. The van der Waals surface area contributed by atoms with E-state index in [1.807, 2.05) is 36.5 Å². The van der Waals surface area contributed by atoms with Gasteiger partial charge < -0.3 is 0 Å². The lowest BCUT2D eigenvalue weighted by Crippen LogP contribution is -2.44. The van der Waals surface area contributed by atoms with E-state index in [9.17, 15) is 8.42 Å². The van der Waals surface area contributed by atoms with Crippen LogP contribution in [0.4, 0.5) is 0 Å². The van der Waals surface area contributed by atoms with Crippen LogP contribution in [0.5, 0.6) is 0 Å². The molecule has 2 atom stereocenters. The van der Waals surface area contributed by atoms with Gasteiger partial charge in [-0.1, -0.05) is 11.6 Å². The van der Waals surface area contributed by atoms with Gasteiger partial charge in [-0.2, -0.15) is 9.40 Å². The van der Waals surface area contributed by atoms with E-state index in [1.165, 1.54) is 0 Å². The van der Waals surface area contributed by atoms with Crippen LogP contribution in [-0.2, 0) is 16.6 Å². The summed E-state index contributed by atoms with van der Waals surface area (Å²) < 4.78 is 28.3. The summed E-state index contributed by atoms with van der Waals surface area (Å²) in [5, 5.41) is 5.20. The van der Waals surface area contributed by atoms with Crippen LogP contribution in [0.3, 0.4) is 0 Å². The van der Waals surface area contributed by atoms with Gasteiger partial charge in [-0.3, -0.25) is 0 Å². The molecule has 0 unspecified atom stereocenters. The van der Waals surface area contributed by atoms with Crippen molar-refractivity contribution in [2.45, 2.75) is 31.8 Å². The normalized spacial score (nSPS) is 26.5. The van der Waals surface area contributed by atoms with Gasteiger partial charge in [-0.05, 0) is 55.5 Å². The second-order valence-electron chi connectivity index (χ2n) is 6.38. The minimum Gasteiger partial charge on any atom is -0.241 e. The molecule has 122 valence electrons. The highest BCUT2D eigenvalue weighted by Crippen LogP contribution is 2.38. The fourth-order valence-electron chi connectivity index (χ4n) is 3.65. The summed E-state index contributed by atoms with van der Waals surface area (Å²) in [7, 11) is -3.15. The number of hydrogen-bond acceptors (Lipinski definition) is 3. The van der Waals surface area contributed by atoms with Crippen LogP contribution >= 0.6 is 11.6 Å². The molecule has 1 aliphatic carbocycles. The Bertz CT molecular complexity index is 816. The Balaban J connectivity index is 1.56. The third kappa shape index (κ3) is 2.91. The molecule has 1 aromatic heterocycles. The predicted octanol–water partition coefficient (Wildman–Crippen LogP) is 2.84. The predicted molar refractivity (Wildman–Crippen MR) is 89.0 cm³/mol. The van der Waals surface area contributed by atoms with E-state index in [1.54, 1.807) is 8.99 Å². The van der Waals surface area contributed by atoms with Gasteiger partial charge in [-0.15, -0.1) is 0 Å². The molecule has 2 fully saturated rings. The van der Waals surface area contributed by atoms with Crippen LogP contribution in [0.25, 0.3) is 5.69 Å². The SMILES string of the molecule is O=S1(=O)C[C@H]2CC[C@H](C2)N1Cc1ccn(-c2ccc(Cl)cc2)n1. The zero-order chi connectivity index (χ0) is 16.0. The second kappa shape index (κ2) is 5.61. The quantitative estimate of drug-likeness (QED) is 0.854. The Morgan fingerprint density at radius 1 is 1.17 bits per heavy atom. The average Bonchev–Trinajstić information content (AvgIpc) is 3.12. The van der Waals surface area contributed by atoms with Gasteiger partial charge in [0.2, 0.25) is 10.0 Å². The Kier molecular flexibility index (Phi) is 3.70. The molecule has 0 amide bonds. The molecule has 1 aliphatic heterocycles. The van der Waals surface area contributed by atoms with Gasteiger partial charge in [0.05, 0.1) is 23.7 Å². The highest BCUT2D eigenvalue weighted by molar-refractivity contribution is 7.89. The van der Waals surface area contributed by atoms with Crippen LogP contribution in [0, 0.1) is 5.92 Å². The van der Waals surface area contributed by atoms with Crippen LogP contribution in [0.2, 0.25) is 5.02 Å². The molecule has 23 heavy (non-hydrogen) atoms. The average molecular weight is 352 g/mol. The van der Waals surface area contributed by atoms with E-state index < -0.39 is 10.0 Å². The van der Waals surface area contributed by atoms with Gasteiger partial charge in [0.1, 0.15) is 0 Å². The number of benzene rings is 1. The van der Waals surface area contributed by atoms with E-state index in [-0.39, 0.29) is 6.04 Å². The van der Waals surface area contributed by atoms with Crippen molar-refractivity contribution >= 4 is 21.6 Å². The molecule has 4 rings (SSSR count). The summed E-state index contributed by atoms with van der Waals surface area (Å²) in [4.78, 5) is 0. The topological polar surface area (TPSA) is 55.2 Å². The van der Waals surface area contributed by atoms with Crippen molar-refractivity contribution in [2.75, 3.05) is 5.75 Å². The molecule has 2 aromatic rings. The first-order chi connectivity index (χ1) is 11.0. The van der Waals surface area contributed by atoms with Gasteiger partial charge >= 0.3 is 0 Å². The summed E-state index contributed by atoms with van der Waals surface area (Å²) in [5.41, 5.74) is 1.68. The van der Waals surface area contributed by atoms with Crippen LogP contribution in [-0.4, -0.2) is 34.3 Å². The molecule has 0 radical (unpaired) electrons. The third-order valence-electron chi connectivity index (χ3n) is 4.78. The Labute approximate surface area is 140 Å². The van der Waals surface area contributed by atoms with E-state index in [2.05, 4.69) is 5.10 Å². The Morgan fingerprint density at radius 2 is 1.96 bits per heavy atom. The van der Waals surface area contributed by atoms with Gasteiger partial charge in [0, 0.05) is 17.3 Å². The minimum absolute atomic E-state index is 0.152. The lowest BCUT2D eigenvalue weighted by Gasteiger charge is -2.31. The molecule has 1 saturated heterocycles. The number of nitrogens with zero attached hydrogens (tertiary/aromatic N) is 3. The number of aromatic nitrogens is 2. The molecule has 0 N–H and O–H groups in total. The number of hydrogen-bond donors (Lipinski definition) is 0. The van der Waals surface area contributed by atoms with Crippen molar-refractivity contribution < 1.29 is 8.42 Å². The first-order valence-electron chi connectivity index (χ1n) is 7.81. The van der Waals surface area contributed by atoms with Crippen LogP contribution < -0.4 is 0 Å². The summed E-state index contributed by atoms with van der Waals surface area (Å²) in [5.74, 6) is 0.648. The van der Waals surface area contributed by atoms with E-state index in [0.717, 1.165) is 30.6 Å². The minimum atomic E-state index is -3.15. The number of rotatable bonds is 3. The van der Waals surface area contributed by atoms with Gasteiger partial charge in [0.15, 0.2) is 0 Å². The number of sulfonamides is 1. The monoisotopic (exact) mass is 351 g/mol. The van der Waals surface area contributed by atoms with E-state index >= 15 is 0 Å². The number of fused-ring (bicyclic) bond motifs is 2. The maximum atomic E-state index is 12.4. The molecule has 7 heteroatoms. The second-order valence-corrected chi connectivity index (χ2v) is 8.79. The first-order valence-corrected chi connectivity index (χ1v) is 9.80. The summed E-state index contributed by atoms with van der Waals surface area (Å²) >= 11 is 5.90. The summed E-state index contributed by atoms with van der Waals surface area (Å²) in [6.45, 7) is 0.361. The molecule has 1 saturated carbocycles. The first kappa shape index (κ1) is 15.2. The standard InChI is InChI=1S/C16H18ClN3O2S/c17-13-2-5-15(6-3-13)19-8-7-14(18-19)10-20-16-4-1-12(9-16)11-23(20,21)22/h2-3,5-8,12,16H,1,4,9-11H2/t12-,16+/m0/s1. The zero-order valence-electron chi connectivity index (χ0n) is 12.6. The van der Waals surface area contributed by atoms with Crippen molar-refractivity contribution in [3.05, 3.63) is 47.2 Å². The van der Waals surface area contributed by atoms with E-state index in [0.29, 0.717) is 23.2 Å². The number of halogens is 1. The molecular formula is C16H18ClN3O2S. The highest BCUT2D eigenvalue weighted by atomic mass is 35.5. The van der Waals surface area contributed by atoms with Gasteiger partial charge in [-0.25, -0.2) is 13.1 Å². The van der Waals surface area contributed by atoms with Crippen molar-refractivity contribution in [3.63, 3.8) is 0 Å². The molecule has 5 nitrogen and oxygen atoms in total. The lowest BCUT2D eigenvalue weighted by molar-refractivity contribution is 0.291. The largest absolute Gasteiger partial charge is 0.241 e. The highest BCUT2D eigenvalue weighted by Gasteiger charge is 2.43. The summed E-state index contributed by atoms with van der Waals surface area (Å²) in [6.07, 6.45) is 4.85. The van der Waals surface area contributed by atoms with E-state index in [4.69, 9.17) is 11.6 Å². The molecule has 2 heterocycles. The molecule has 1 aromatic carbocycles. The van der Waals surface area contributed by atoms with Crippen LogP contribution in [0.1, 0.15) is 25.0 Å². The fourth-order valence-corrected chi connectivity index (χ4v) is 5.84. The van der Waals surface area contributed by atoms with Crippen molar-refractivity contribution in [3.8, 4) is 5.69 Å². The van der Waals surface area contributed by atoms with Crippen LogP contribution in [0.15, 0.2) is 36.5 Å². The Morgan fingerprint density at radius 3 is 2.74 bits per heavy atom. The summed E-state index contributed by atoms with van der Waals surface area (Å²) in [6, 6.07) is 9.43. The molecule has 2 bridgehead atoms. The van der Waals surface area contributed by atoms with Crippen molar-refractivity contribution in [1.82, 2.24) is 14.1 Å². The maximum Gasteiger partial charge on any atom is 0.214 e. The molecule has 0 spiro atoms. The van der Waals surface area contributed by atoms with Crippen molar-refractivity contribution in [1.29, 1.82) is 0 Å². The van der Waals surface area contributed by atoms with Gasteiger partial charge in [0.25, 0.3) is 0 Å². The zero-order valence-corrected chi connectivity index (χ0v) is 14.2. The molecule has 2 aliphatic rings. The maximum absolute atomic E-state index is 12.4. The van der Waals surface area contributed by atoms with Crippen molar-refractivity contribution in [2.24, 2.45) is 5.92 Å². The lowest BCUT2D eigenvalue weighted by atomic mass is 10.1. The smallest absolute Gasteiger partial charge is 0.214 e.